The Morgan fingerprint density at radius 2 is 2.23 bits per heavy atom. The summed E-state index contributed by atoms with van der Waals surface area (Å²) < 4.78 is 6.09. The van der Waals surface area contributed by atoms with Gasteiger partial charge in [-0.2, -0.15) is 0 Å². The minimum atomic E-state index is 0.748. The van der Waals surface area contributed by atoms with Crippen LogP contribution in [0.15, 0.2) is 45.6 Å². The minimum absolute atomic E-state index is 0.748. The van der Waals surface area contributed by atoms with E-state index in [1.807, 2.05) is 19.1 Å². The van der Waals surface area contributed by atoms with E-state index < -0.39 is 0 Å². The molecule has 1 aromatic carbocycles. The molecule has 114 valence electrons. The molecule has 0 bridgehead atoms. The van der Waals surface area contributed by atoms with Crippen LogP contribution in [0.25, 0.3) is 0 Å². The molecule has 4 heteroatoms. The molecule has 22 heavy (non-hydrogen) atoms. The smallest absolute Gasteiger partial charge is 0.154 e. The number of allylic oxidation sites excluding steroid dienone is 3. The van der Waals surface area contributed by atoms with E-state index in [9.17, 15) is 0 Å². The first-order valence-corrected chi connectivity index (χ1v) is 7.68. The Kier molecular flexibility index (Phi) is 4.09. The predicted octanol–water partition coefficient (Wildman–Crippen LogP) is 4.06. The van der Waals surface area contributed by atoms with Crippen molar-refractivity contribution in [2.24, 2.45) is 9.98 Å². The lowest BCUT2D eigenvalue weighted by Gasteiger charge is -2.16. The van der Waals surface area contributed by atoms with Gasteiger partial charge in [0.25, 0.3) is 0 Å². The van der Waals surface area contributed by atoms with E-state index in [-0.39, 0.29) is 0 Å². The van der Waals surface area contributed by atoms with Gasteiger partial charge in [0.15, 0.2) is 5.75 Å². The van der Waals surface area contributed by atoms with Gasteiger partial charge >= 0.3 is 0 Å². The van der Waals surface area contributed by atoms with Crippen molar-refractivity contribution in [3.63, 3.8) is 0 Å². The van der Waals surface area contributed by atoms with Gasteiger partial charge in [-0.1, -0.05) is 6.08 Å². The van der Waals surface area contributed by atoms with Gasteiger partial charge in [0, 0.05) is 37.3 Å². The predicted molar refractivity (Wildman–Crippen MR) is 92.9 cm³/mol. The molecule has 1 aliphatic carbocycles. The molecule has 0 saturated carbocycles. The number of nitrogens with one attached hydrogen (secondary N) is 1. The van der Waals surface area contributed by atoms with Crippen molar-refractivity contribution < 1.29 is 4.74 Å². The third-order valence-corrected chi connectivity index (χ3v) is 3.95. The normalized spacial score (nSPS) is 18.4. The average molecular weight is 295 g/mol. The molecule has 0 atom stereocenters. The molecular formula is C18H21N3O. The second-order valence-electron chi connectivity index (χ2n) is 5.48. The molecule has 0 amide bonds. The number of ether oxygens (including phenoxy) is 1. The van der Waals surface area contributed by atoms with E-state index in [1.165, 1.54) is 11.1 Å². The number of nitrogens with zero attached hydrogens (tertiary/aromatic N) is 2. The molecule has 0 radical (unpaired) electrons. The maximum Gasteiger partial charge on any atom is 0.154 e. The summed E-state index contributed by atoms with van der Waals surface area (Å²) >= 11 is 0. The molecule has 1 heterocycles. The highest BCUT2D eigenvalue weighted by molar-refractivity contribution is 6.09. The molecular weight excluding hydrogens is 274 g/mol. The zero-order valence-electron chi connectivity index (χ0n) is 13.1. The Bertz CT molecular complexity index is 699. The molecule has 0 saturated heterocycles. The zero-order chi connectivity index (χ0) is 15.5. The fraction of sp³-hybridized carbons (Fsp3) is 0.333. The molecule has 1 aromatic rings. The second-order valence-corrected chi connectivity index (χ2v) is 5.48. The zero-order valence-corrected chi connectivity index (χ0v) is 13.1. The van der Waals surface area contributed by atoms with Gasteiger partial charge in [0.1, 0.15) is 11.4 Å². The summed E-state index contributed by atoms with van der Waals surface area (Å²) in [5.41, 5.74) is 5.40. The highest BCUT2D eigenvalue weighted by atomic mass is 16.5. The first-order valence-electron chi connectivity index (χ1n) is 7.68. The Labute approximate surface area is 131 Å². The van der Waals surface area contributed by atoms with Crippen LogP contribution in [0, 0.1) is 0 Å². The summed E-state index contributed by atoms with van der Waals surface area (Å²) in [6.07, 6.45) is 5.97. The Morgan fingerprint density at radius 3 is 3.00 bits per heavy atom. The Balaban J connectivity index is 1.89. The third kappa shape index (κ3) is 2.82. The van der Waals surface area contributed by atoms with Gasteiger partial charge in [0.2, 0.25) is 0 Å². The number of hydrogen-bond acceptors (Lipinski definition) is 4. The second kappa shape index (κ2) is 6.18. The highest BCUT2D eigenvalue weighted by Crippen LogP contribution is 2.37. The van der Waals surface area contributed by atoms with Crippen LogP contribution in [-0.4, -0.2) is 25.5 Å². The summed E-state index contributed by atoms with van der Waals surface area (Å²) in [7, 11) is 0. The average Bonchev–Trinajstić information content (AvgIpc) is 2.97. The number of rotatable bonds is 4. The van der Waals surface area contributed by atoms with Gasteiger partial charge < -0.3 is 10.1 Å². The first-order chi connectivity index (χ1) is 10.7. The summed E-state index contributed by atoms with van der Waals surface area (Å²) in [4.78, 5) is 8.61. The van der Waals surface area contributed by atoms with E-state index in [4.69, 9.17) is 4.74 Å². The maximum atomic E-state index is 6.09. The van der Waals surface area contributed by atoms with Crippen LogP contribution in [0.1, 0.15) is 25.8 Å². The molecule has 0 aromatic heterocycles. The SMILES string of the molecule is C=Nc1cc2c(cc1OC1=C/C(=N/CC)C(C)=CC1)NCC2. The van der Waals surface area contributed by atoms with Crippen LogP contribution in [0.3, 0.4) is 0 Å². The molecule has 4 nitrogen and oxygen atoms in total. The van der Waals surface area contributed by atoms with E-state index >= 15 is 0 Å². The molecule has 1 N–H and O–H groups in total. The summed E-state index contributed by atoms with van der Waals surface area (Å²) in [6, 6.07) is 4.08. The minimum Gasteiger partial charge on any atom is -0.459 e. The molecule has 0 fully saturated rings. The summed E-state index contributed by atoms with van der Waals surface area (Å²) in [5, 5.41) is 3.37. The van der Waals surface area contributed by atoms with Crippen LogP contribution in [0.4, 0.5) is 11.4 Å². The van der Waals surface area contributed by atoms with Gasteiger partial charge in [-0.15, -0.1) is 0 Å². The Hall–Kier alpha value is -2.36. The van der Waals surface area contributed by atoms with Crippen molar-refractivity contribution >= 4 is 23.8 Å². The molecule has 1 aliphatic heterocycles. The van der Waals surface area contributed by atoms with Gasteiger partial charge in [0.05, 0.1) is 5.71 Å². The summed E-state index contributed by atoms with van der Waals surface area (Å²) in [5.74, 6) is 1.64. The monoisotopic (exact) mass is 295 g/mol. The Morgan fingerprint density at radius 1 is 1.36 bits per heavy atom. The third-order valence-electron chi connectivity index (χ3n) is 3.95. The number of aliphatic imine (C=N–C) groups is 2. The van der Waals surface area contributed by atoms with Crippen LogP contribution in [-0.2, 0) is 6.42 Å². The fourth-order valence-electron chi connectivity index (χ4n) is 2.76. The van der Waals surface area contributed by atoms with Crippen molar-refractivity contribution in [2.45, 2.75) is 26.7 Å². The fourth-order valence-corrected chi connectivity index (χ4v) is 2.76. The van der Waals surface area contributed by atoms with Crippen molar-refractivity contribution in [3.05, 3.63) is 41.2 Å². The van der Waals surface area contributed by atoms with E-state index in [2.05, 4.69) is 41.1 Å². The highest BCUT2D eigenvalue weighted by Gasteiger charge is 2.17. The lowest BCUT2D eigenvalue weighted by atomic mass is 10.0. The first kappa shape index (κ1) is 14.6. The van der Waals surface area contributed by atoms with Gasteiger partial charge in [-0.25, -0.2) is 0 Å². The number of fused-ring (bicyclic) bond motifs is 1. The van der Waals surface area contributed by atoms with Crippen molar-refractivity contribution in [1.82, 2.24) is 0 Å². The van der Waals surface area contributed by atoms with Crippen LogP contribution < -0.4 is 10.1 Å². The van der Waals surface area contributed by atoms with E-state index in [1.54, 1.807) is 0 Å². The van der Waals surface area contributed by atoms with Crippen molar-refractivity contribution in [2.75, 3.05) is 18.4 Å². The molecule has 2 aliphatic rings. The lowest BCUT2D eigenvalue weighted by Crippen LogP contribution is -2.08. The number of hydrogen-bond donors (Lipinski definition) is 1. The number of benzene rings is 1. The quantitative estimate of drug-likeness (QED) is 0.851. The van der Waals surface area contributed by atoms with Crippen molar-refractivity contribution in [1.29, 1.82) is 0 Å². The van der Waals surface area contributed by atoms with E-state index in [0.29, 0.717) is 0 Å². The standard InChI is InChI=1S/C18H21N3O/c1-4-20-15-10-14(6-5-12(15)2)22-18-11-16-13(7-8-21-16)9-17(18)19-3/h5,9-11,21H,3-4,6-8H2,1-2H3/b20-15-. The molecule has 3 rings (SSSR count). The largest absolute Gasteiger partial charge is 0.459 e. The van der Waals surface area contributed by atoms with Crippen LogP contribution in [0.2, 0.25) is 0 Å². The van der Waals surface area contributed by atoms with Crippen LogP contribution in [0.5, 0.6) is 5.75 Å². The lowest BCUT2D eigenvalue weighted by molar-refractivity contribution is 0.417. The molecule has 0 spiro atoms. The summed E-state index contributed by atoms with van der Waals surface area (Å²) in [6.45, 7) is 9.52. The van der Waals surface area contributed by atoms with Gasteiger partial charge in [-0.3, -0.25) is 9.98 Å². The maximum absolute atomic E-state index is 6.09. The van der Waals surface area contributed by atoms with Gasteiger partial charge in [-0.05, 0) is 44.2 Å². The topological polar surface area (TPSA) is 46.0 Å². The number of anilines is 1. The van der Waals surface area contributed by atoms with Crippen molar-refractivity contribution in [3.8, 4) is 5.75 Å². The molecule has 0 unspecified atom stereocenters. The van der Waals surface area contributed by atoms with Crippen LogP contribution >= 0.6 is 0 Å². The van der Waals surface area contributed by atoms with E-state index in [0.717, 1.165) is 54.5 Å².